The van der Waals surface area contributed by atoms with Crippen LogP contribution in [0.2, 0.25) is 0 Å². The highest BCUT2D eigenvalue weighted by atomic mass is 79.9. The van der Waals surface area contributed by atoms with E-state index < -0.39 is 30.5 Å². The average Bonchev–Trinajstić information content (AvgIpc) is 3.34. The van der Waals surface area contributed by atoms with Crippen LogP contribution in [0.1, 0.15) is 41.8 Å². The van der Waals surface area contributed by atoms with Gasteiger partial charge in [-0.25, -0.2) is 4.79 Å². The van der Waals surface area contributed by atoms with Crippen LogP contribution in [0.3, 0.4) is 0 Å². The lowest BCUT2D eigenvalue weighted by Gasteiger charge is -2.28. The van der Waals surface area contributed by atoms with Gasteiger partial charge in [0, 0.05) is 15.2 Å². The lowest BCUT2D eigenvalue weighted by molar-refractivity contribution is -0.160. The first kappa shape index (κ1) is 23.6. The Morgan fingerprint density at radius 3 is 2.09 bits per heavy atom. The number of nitrogens with zero attached hydrogens (tertiary/aromatic N) is 1. The fraction of sp³-hybridized carbons (Fsp3) is 0.583. The Morgan fingerprint density at radius 1 is 1.03 bits per heavy atom. The maximum atomic E-state index is 13.3. The molecule has 3 fully saturated rings. The zero-order valence-electron chi connectivity index (χ0n) is 18.5. The number of ether oxygens (including phenoxy) is 1. The van der Waals surface area contributed by atoms with E-state index in [-0.39, 0.29) is 45.0 Å². The Hall–Kier alpha value is -1.54. The van der Waals surface area contributed by atoms with Crippen molar-refractivity contribution in [2.24, 2.45) is 29.6 Å². The summed E-state index contributed by atoms with van der Waals surface area (Å²) in [6.07, 6.45) is 0.827. The van der Waals surface area contributed by atoms with E-state index in [9.17, 15) is 19.2 Å². The van der Waals surface area contributed by atoms with Gasteiger partial charge in [-0.05, 0) is 55.2 Å². The average molecular weight is 569 g/mol. The van der Waals surface area contributed by atoms with Crippen molar-refractivity contribution in [2.75, 3.05) is 6.61 Å². The number of carbonyl (C=O) groups excluding carboxylic acids is 4. The van der Waals surface area contributed by atoms with E-state index in [4.69, 9.17) is 4.74 Å². The summed E-state index contributed by atoms with van der Waals surface area (Å²) in [6, 6.07) is 4.29. The number of benzene rings is 1. The molecule has 8 heteroatoms. The summed E-state index contributed by atoms with van der Waals surface area (Å²) in [6.45, 7) is 7.00. The van der Waals surface area contributed by atoms with Gasteiger partial charge in [-0.2, -0.15) is 0 Å². The number of Topliss-reactive ketones (excluding diaryl/α,β-unsaturated/α-hetero) is 1. The molecule has 2 aliphatic carbocycles. The zero-order valence-corrected chi connectivity index (χ0v) is 21.7. The zero-order chi connectivity index (χ0) is 23.5. The number of rotatable bonds is 6. The lowest BCUT2D eigenvalue weighted by atomic mass is 9.81. The van der Waals surface area contributed by atoms with Crippen molar-refractivity contribution in [1.29, 1.82) is 0 Å². The van der Waals surface area contributed by atoms with Gasteiger partial charge in [-0.1, -0.05) is 57.8 Å². The van der Waals surface area contributed by atoms with Crippen molar-refractivity contribution < 1.29 is 23.9 Å². The van der Waals surface area contributed by atoms with Gasteiger partial charge >= 0.3 is 5.97 Å². The standard InChI is InChI=1S/C24H27Br2NO5/c1-10(2)21(24(31)32-9-16(28)13-6-5-11(3)12(4)7-13)27-22(29)17-14-8-15(18(17)23(27)30)20(26)19(14)25/h5-7,10,14-15,17-21H,8-9H2,1-4H3/t14-,15-,17-,18+,19-,20+,21-/m0/s1. The van der Waals surface area contributed by atoms with Crippen LogP contribution in [0, 0.1) is 43.4 Å². The molecule has 0 N–H and O–H groups in total. The Kier molecular flexibility index (Phi) is 6.40. The summed E-state index contributed by atoms with van der Waals surface area (Å²) in [7, 11) is 0. The van der Waals surface area contributed by atoms with Crippen LogP contribution in [0.15, 0.2) is 18.2 Å². The topological polar surface area (TPSA) is 80.8 Å². The molecule has 7 atom stereocenters. The fourth-order valence-electron chi connectivity index (χ4n) is 5.54. The first-order valence-electron chi connectivity index (χ1n) is 11.0. The van der Waals surface area contributed by atoms with Gasteiger partial charge in [0.25, 0.3) is 0 Å². The van der Waals surface area contributed by atoms with Gasteiger partial charge in [0.2, 0.25) is 11.8 Å². The summed E-state index contributed by atoms with van der Waals surface area (Å²) >= 11 is 7.35. The first-order valence-corrected chi connectivity index (χ1v) is 12.8. The third-order valence-electron chi connectivity index (χ3n) is 7.35. The van der Waals surface area contributed by atoms with Gasteiger partial charge in [0.05, 0.1) is 11.8 Å². The van der Waals surface area contributed by atoms with E-state index in [1.807, 2.05) is 19.9 Å². The van der Waals surface area contributed by atoms with Crippen molar-refractivity contribution >= 4 is 55.4 Å². The van der Waals surface area contributed by atoms with E-state index in [0.29, 0.717) is 5.56 Å². The molecule has 1 aromatic rings. The monoisotopic (exact) mass is 567 g/mol. The summed E-state index contributed by atoms with van der Waals surface area (Å²) in [5.74, 6) is -2.56. The quantitative estimate of drug-likeness (QED) is 0.225. The molecule has 0 spiro atoms. The molecule has 0 unspecified atom stereocenters. The molecular formula is C24H27Br2NO5. The van der Waals surface area contributed by atoms with Crippen LogP contribution < -0.4 is 0 Å². The molecule has 0 aromatic heterocycles. The summed E-state index contributed by atoms with van der Waals surface area (Å²) in [4.78, 5) is 53.6. The maximum Gasteiger partial charge on any atom is 0.330 e. The van der Waals surface area contributed by atoms with Gasteiger partial charge in [0.15, 0.2) is 12.4 Å². The maximum absolute atomic E-state index is 13.3. The van der Waals surface area contributed by atoms with Crippen LogP contribution in [-0.2, 0) is 19.1 Å². The van der Waals surface area contributed by atoms with E-state index in [0.717, 1.165) is 22.4 Å². The third-order valence-corrected chi connectivity index (χ3v) is 10.6. The molecule has 1 heterocycles. The Bertz CT molecular complexity index is 961. The molecule has 0 radical (unpaired) electrons. The summed E-state index contributed by atoms with van der Waals surface area (Å²) in [5, 5.41) is 0. The molecule has 1 saturated heterocycles. The van der Waals surface area contributed by atoms with Gasteiger partial charge in [0.1, 0.15) is 6.04 Å². The Balaban J connectivity index is 1.49. The van der Waals surface area contributed by atoms with Crippen LogP contribution in [0.4, 0.5) is 0 Å². The van der Waals surface area contributed by atoms with E-state index in [1.165, 1.54) is 0 Å². The highest BCUT2D eigenvalue weighted by molar-refractivity contribution is 9.12. The number of ketones is 1. The van der Waals surface area contributed by atoms with Gasteiger partial charge in [-0.15, -0.1) is 0 Å². The van der Waals surface area contributed by atoms with E-state index >= 15 is 0 Å². The van der Waals surface area contributed by atoms with E-state index in [2.05, 4.69) is 31.9 Å². The summed E-state index contributed by atoms with van der Waals surface area (Å²) in [5.41, 5.74) is 2.51. The smallest absolute Gasteiger partial charge is 0.330 e. The van der Waals surface area contributed by atoms with Crippen molar-refractivity contribution in [3.8, 4) is 0 Å². The Labute approximate surface area is 204 Å². The highest BCUT2D eigenvalue weighted by Gasteiger charge is 2.67. The van der Waals surface area contributed by atoms with Crippen LogP contribution >= 0.6 is 31.9 Å². The second-order valence-corrected chi connectivity index (χ2v) is 11.7. The number of carbonyl (C=O) groups is 4. The normalized spacial score (nSPS) is 31.9. The number of hydrogen-bond donors (Lipinski definition) is 0. The molecule has 2 saturated carbocycles. The number of amides is 2. The summed E-state index contributed by atoms with van der Waals surface area (Å²) < 4.78 is 5.34. The predicted octanol–water partition coefficient (Wildman–Crippen LogP) is 3.83. The fourth-order valence-corrected chi connectivity index (χ4v) is 7.42. The van der Waals surface area contributed by atoms with Crippen molar-refractivity contribution in [3.05, 3.63) is 34.9 Å². The minimum atomic E-state index is -1.03. The number of esters is 1. The lowest BCUT2D eigenvalue weighted by Crippen LogP contribution is -2.50. The van der Waals surface area contributed by atoms with Gasteiger partial charge in [-0.3, -0.25) is 19.3 Å². The third kappa shape index (κ3) is 3.67. The van der Waals surface area contributed by atoms with Crippen molar-refractivity contribution in [3.63, 3.8) is 0 Å². The molecule has 172 valence electrons. The number of hydrogen-bond acceptors (Lipinski definition) is 5. The molecule has 3 aliphatic rings. The molecule has 1 aliphatic heterocycles. The second-order valence-electron chi connectivity index (χ2n) is 9.57. The molecule has 32 heavy (non-hydrogen) atoms. The number of likely N-dealkylation sites (tertiary alicyclic amines) is 1. The molecular weight excluding hydrogens is 542 g/mol. The number of halogens is 2. The van der Waals surface area contributed by atoms with Crippen molar-refractivity contribution in [2.45, 2.75) is 49.8 Å². The molecule has 2 bridgehead atoms. The van der Waals surface area contributed by atoms with E-state index in [1.54, 1.807) is 26.0 Å². The second kappa shape index (κ2) is 8.67. The minimum absolute atomic E-state index is 0.0750. The van der Waals surface area contributed by atoms with Gasteiger partial charge < -0.3 is 4.74 Å². The van der Waals surface area contributed by atoms with Crippen LogP contribution in [0.5, 0.6) is 0 Å². The minimum Gasteiger partial charge on any atom is -0.456 e. The SMILES string of the molecule is Cc1ccc(C(=O)COC(=O)[C@H](C(C)C)N2C(=O)[C@@H]3[C@@H]4C[C@H]([C@H](Br)[C@@H]4Br)[C@@H]3C2=O)cc1C. The van der Waals surface area contributed by atoms with Crippen LogP contribution in [-0.4, -0.2) is 50.8 Å². The number of alkyl halides is 2. The predicted molar refractivity (Wildman–Crippen MR) is 126 cm³/mol. The van der Waals surface area contributed by atoms with Crippen LogP contribution in [0.25, 0.3) is 0 Å². The molecule has 6 nitrogen and oxygen atoms in total. The Morgan fingerprint density at radius 2 is 1.59 bits per heavy atom. The molecule has 4 rings (SSSR count). The van der Waals surface area contributed by atoms with Crippen molar-refractivity contribution in [1.82, 2.24) is 4.90 Å². The highest BCUT2D eigenvalue weighted by Crippen LogP contribution is 2.60. The molecule has 1 aromatic carbocycles. The number of aryl methyl sites for hydroxylation is 2. The number of imide groups is 1. The largest absolute Gasteiger partial charge is 0.456 e. The first-order chi connectivity index (χ1) is 15.0. The number of fused-ring (bicyclic) bond motifs is 5. The molecule has 2 amide bonds.